The van der Waals surface area contributed by atoms with Crippen LogP contribution < -0.4 is 10.9 Å². The van der Waals surface area contributed by atoms with E-state index in [0.29, 0.717) is 6.04 Å². The Bertz CT molecular complexity index is 382. The van der Waals surface area contributed by atoms with E-state index in [-0.39, 0.29) is 5.56 Å². The van der Waals surface area contributed by atoms with E-state index in [4.69, 9.17) is 0 Å². The zero-order valence-corrected chi connectivity index (χ0v) is 9.86. The lowest BCUT2D eigenvalue weighted by molar-refractivity contribution is 0.239. The van der Waals surface area contributed by atoms with Gasteiger partial charge < -0.3 is 9.88 Å². The molecular formula is C13H20N2O. The molecule has 0 saturated heterocycles. The minimum atomic E-state index is 0.0839. The standard InChI is InChI=1S/C13H20N2O/c1-11(12-5-4-6-12)14-8-10-15-9-3-2-7-13(15)16/h2-3,7,9,11-12,14H,4-6,8,10H2,1H3. The van der Waals surface area contributed by atoms with Crippen molar-refractivity contribution in [3.63, 3.8) is 0 Å². The molecule has 0 spiro atoms. The normalized spacial score (nSPS) is 18.1. The van der Waals surface area contributed by atoms with Crippen molar-refractivity contribution >= 4 is 0 Å². The fraction of sp³-hybridized carbons (Fsp3) is 0.615. The molecule has 16 heavy (non-hydrogen) atoms. The average Bonchev–Trinajstić information content (AvgIpc) is 2.18. The highest BCUT2D eigenvalue weighted by atomic mass is 16.1. The van der Waals surface area contributed by atoms with Crippen molar-refractivity contribution in [1.82, 2.24) is 9.88 Å². The van der Waals surface area contributed by atoms with Gasteiger partial charge in [0.05, 0.1) is 0 Å². The molecule has 88 valence electrons. The van der Waals surface area contributed by atoms with Gasteiger partial charge in [-0.3, -0.25) is 4.79 Å². The van der Waals surface area contributed by atoms with Crippen LogP contribution in [0.2, 0.25) is 0 Å². The number of hydrogen-bond donors (Lipinski definition) is 1. The summed E-state index contributed by atoms with van der Waals surface area (Å²) in [5.41, 5.74) is 0.0839. The third-order valence-corrected chi connectivity index (χ3v) is 3.57. The molecule has 0 amide bonds. The summed E-state index contributed by atoms with van der Waals surface area (Å²) in [7, 11) is 0. The molecule has 2 rings (SSSR count). The third-order valence-electron chi connectivity index (χ3n) is 3.57. The van der Waals surface area contributed by atoms with Gasteiger partial charge in [-0.25, -0.2) is 0 Å². The Hall–Kier alpha value is -1.09. The van der Waals surface area contributed by atoms with Gasteiger partial charge in [0.25, 0.3) is 5.56 Å². The van der Waals surface area contributed by atoms with Gasteiger partial charge in [0.2, 0.25) is 0 Å². The van der Waals surface area contributed by atoms with E-state index in [1.807, 2.05) is 12.3 Å². The molecule has 1 heterocycles. The van der Waals surface area contributed by atoms with Crippen LogP contribution in [0.3, 0.4) is 0 Å². The minimum Gasteiger partial charge on any atom is -0.314 e. The number of hydrogen-bond acceptors (Lipinski definition) is 2. The number of aromatic nitrogens is 1. The van der Waals surface area contributed by atoms with Crippen molar-refractivity contribution in [2.45, 2.75) is 38.8 Å². The van der Waals surface area contributed by atoms with E-state index in [0.717, 1.165) is 19.0 Å². The summed E-state index contributed by atoms with van der Waals surface area (Å²) in [4.78, 5) is 11.4. The highest BCUT2D eigenvalue weighted by Gasteiger charge is 2.22. The first-order chi connectivity index (χ1) is 7.77. The lowest BCUT2D eigenvalue weighted by Crippen LogP contribution is -2.39. The molecule has 1 saturated carbocycles. The van der Waals surface area contributed by atoms with Crippen LogP contribution in [0.25, 0.3) is 0 Å². The average molecular weight is 220 g/mol. The summed E-state index contributed by atoms with van der Waals surface area (Å²) in [5, 5.41) is 3.50. The molecule has 1 aliphatic rings. The van der Waals surface area contributed by atoms with E-state index in [1.54, 1.807) is 16.7 Å². The summed E-state index contributed by atoms with van der Waals surface area (Å²) in [6.07, 6.45) is 5.95. The van der Waals surface area contributed by atoms with Crippen molar-refractivity contribution < 1.29 is 0 Å². The topological polar surface area (TPSA) is 34.0 Å². The van der Waals surface area contributed by atoms with Gasteiger partial charge in [0.1, 0.15) is 0 Å². The highest BCUT2D eigenvalue weighted by molar-refractivity contribution is 4.93. The van der Waals surface area contributed by atoms with E-state index >= 15 is 0 Å². The van der Waals surface area contributed by atoms with Crippen LogP contribution >= 0.6 is 0 Å². The van der Waals surface area contributed by atoms with Crippen molar-refractivity contribution in [3.8, 4) is 0 Å². The minimum absolute atomic E-state index is 0.0839. The lowest BCUT2D eigenvalue weighted by atomic mass is 9.80. The summed E-state index contributed by atoms with van der Waals surface area (Å²) >= 11 is 0. The first-order valence-corrected chi connectivity index (χ1v) is 6.16. The first kappa shape index (κ1) is 11.4. The first-order valence-electron chi connectivity index (χ1n) is 6.16. The zero-order valence-electron chi connectivity index (χ0n) is 9.86. The van der Waals surface area contributed by atoms with Gasteiger partial charge in [-0.1, -0.05) is 12.5 Å². The smallest absolute Gasteiger partial charge is 0.250 e. The predicted molar refractivity (Wildman–Crippen MR) is 65.5 cm³/mol. The van der Waals surface area contributed by atoms with Crippen LogP contribution in [-0.4, -0.2) is 17.2 Å². The molecule has 0 radical (unpaired) electrons. The van der Waals surface area contributed by atoms with Gasteiger partial charge >= 0.3 is 0 Å². The molecule has 1 aromatic rings. The predicted octanol–water partition coefficient (Wildman–Crippen LogP) is 1.63. The Morgan fingerprint density at radius 2 is 2.31 bits per heavy atom. The van der Waals surface area contributed by atoms with Crippen LogP contribution in [-0.2, 0) is 6.54 Å². The van der Waals surface area contributed by atoms with E-state index < -0.39 is 0 Å². The summed E-state index contributed by atoms with van der Waals surface area (Å²) in [6.45, 7) is 3.88. The number of nitrogens with zero attached hydrogens (tertiary/aromatic N) is 1. The molecule has 1 unspecified atom stereocenters. The van der Waals surface area contributed by atoms with Crippen LogP contribution in [0, 0.1) is 5.92 Å². The molecule has 0 aliphatic heterocycles. The van der Waals surface area contributed by atoms with Crippen LogP contribution in [0.4, 0.5) is 0 Å². The van der Waals surface area contributed by atoms with Gasteiger partial charge in [-0.2, -0.15) is 0 Å². The SMILES string of the molecule is CC(NCCn1ccccc1=O)C1CCC1. The van der Waals surface area contributed by atoms with Crippen LogP contribution in [0.1, 0.15) is 26.2 Å². The van der Waals surface area contributed by atoms with Gasteiger partial charge in [0, 0.05) is 31.4 Å². The molecule has 1 aromatic heterocycles. The van der Waals surface area contributed by atoms with Crippen molar-refractivity contribution in [1.29, 1.82) is 0 Å². The maximum Gasteiger partial charge on any atom is 0.250 e. The molecule has 3 nitrogen and oxygen atoms in total. The summed E-state index contributed by atoms with van der Waals surface area (Å²) in [6, 6.07) is 5.88. The fourth-order valence-electron chi connectivity index (χ4n) is 2.16. The van der Waals surface area contributed by atoms with Gasteiger partial charge in [-0.15, -0.1) is 0 Å². The quantitative estimate of drug-likeness (QED) is 0.818. The van der Waals surface area contributed by atoms with Crippen molar-refractivity contribution in [3.05, 3.63) is 34.7 Å². The molecule has 1 atom stereocenters. The second-order valence-corrected chi connectivity index (χ2v) is 4.67. The van der Waals surface area contributed by atoms with E-state index in [9.17, 15) is 4.79 Å². The van der Waals surface area contributed by atoms with Gasteiger partial charge in [-0.05, 0) is 31.7 Å². The summed E-state index contributed by atoms with van der Waals surface area (Å²) < 4.78 is 1.75. The molecule has 1 N–H and O–H groups in total. The lowest BCUT2D eigenvalue weighted by Gasteiger charge is -2.32. The fourth-order valence-corrected chi connectivity index (χ4v) is 2.16. The maximum absolute atomic E-state index is 11.4. The van der Waals surface area contributed by atoms with E-state index in [2.05, 4.69) is 12.2 Å². The number of rotatable bonds is 5. The number of nitrogens with one attached hydrogen (secondary N) is 1. The number of pyridine rings is 1. The monoisotopic (exact) mass is 220 g/mol. The second-order valence-electron chi connectivity index (χ2n) is 4.67. The largest absolute Gasteiger partial charge is 0.314 e. The molecule has 0 bridgehead atoms. The maximum atomic E-state index is 11.4. The highest BCUT2D eigenvalue weighted by Crippen LogP contribution is 2.29. The Morgan fingerprint density at radius 3 is 2.94 bits per heavy atom. The van der Waals surface area contributed by atoms with Crippen LogP contribution in [0.15, 0.2) is 29.2 Å². The third kappa shape index (κ3) is 2.73. The van der Waals surface area contributed by atoms with Crippen molar-refractivity contribution in [2.75, 3.05) is 6.54 Å². The molecule has 0 aromatic carbocycles. The molecule has 3 heteroatoms. The Balaban J connectivity index is 1.75. The molecular weight excluding hydrogens is 200 g/mol. The second kappa shape index (κ2) is 5.30. The van der Waals surface area contributed by atoms with Gasteiger partial charge in [0.15, 0.2) is 0 Å². The Labute approximate surface area is 96.5 Å². The van der Waals surface area contributed by atoms with E-state index in [1.165, 1.54) is 19.3 Å². The Morgan fingerprint density at radius 1 is 1.50 bits per heavy atom. The van der Waals surface area contributed by atoms with Crippen molar-refractivity contribution in [2.24, 2.45) is 5.92 Å². The molecule has 1 fully saturated rings. The zero-order chi connectivity index (χ0) is 11.4. The molecule has 1 aliphatic carbocycles. The summed E-state index contributed by atoms with van der Waals surface area (Å²) in [5.74, 6) is 0.854. The van der Waals surface area contributed by atoms with Crippen LogP contribution in [0.5, 0.6) is 0 Å². The Kier molecular flexibility index (Phi) is 3.78.